The van der Waals surface area contributed by atoms with Gasteiger partial charge in [-0.15, -0.1) is 11.3 Å². The Morgan fingerprint density at radius 1 is 1.07 bits per heavy atom. The third-order valence-electron chi connectivity index (χ3n) is 4.52. The van der Waals surface area contributed by atoms with E-state index in [4.69, 9.17) is 10.5 Å². The van der Waals surface area contributed by atoms with E-state index in [0.717, 1.165) is 30.6 Å². The monoisotopic (exact) mass is 400 g/mol. The molecule has 0 saturated carbocycles. The van der Waals surface area contributed by atoms with Crippen LogP contribution in [0.25, 0.3) is 0 Å². The van der Waals surface area contributed by atoms with E-state index in [2.05, 4.69) is 5.32 Å². The van der Waals surface area contributed by atoms with Gasteiger partial charge < -0.3 is 15.8 Å². The van der Waals surface area contributed by atoms with Crippen LogP contribution in [0.4, 0.5) is 5.00 Å². The lowest BCUT2D eigenvalue weighted by molar-refractivity contribution is -0.147. The smallest absolute Gasteiger partial charge is 0.306 e. The number of fused-ring (bicyclic) bond motifs is 1. The average Bonchev–Trinajstić information content (AvgIpc) is 3.32. The summed E-state index contributed by atoms with van der Waals surface area (Å²) in [5.74, 6) is -1.99. The third kappa shape index (κ3) is 4.83. The highest BCUT2D eigenvalue weighted by atomic mass is 32.1. The van der Waals surface area contributed by atoms with Crippen LogP contribution in [0.5, 0.6) is 0 Å². The van der Waals surface area contributed by atoms with Crippen LogP contribution < -0.4 is 11.1 Å². The number of Topliss-reactive ketones (excluding diaryl/α,β-unsaturated/α-hetero) is 1. The van der Waals surface area contributed by atoms with Crippen molar-refractivity contribution in [3.63, 3.8) is 0 Å². The number of anilines is 1. The molecule has 2 aromatic rings. The molecule has 0 saturated heterocycles. The van der Waals surface area contributed by atoms with E-state index in [1.807, 2.05) is 12.1 Å². The quantitative estimate of drug-likeness (QED) is 0.522. The van der Waals surface area contributed by atoms with Crippen molar-refractivity contribution >= 4 is 39.9 Å². The number of primary amides is 1. The van der Waals surface area contributed by atoms with E-state index in [-0.39, 0.29) is 24.2 Å². The largest absolute Gasteiger partial charge is 0.456 e. The van der Waals surface area contributed by atoms with Crippen molar-refractivity contribution < 1.29 is 23.9 Å². The first kappa shape index (κ1) is 19.8. The number of ketones is 1. The number of carbonyl (C=O) groups is 4. The Kier molecular flexibility index (Phi) is 6.20. The average molecular weight is 400 g/mol. The lowest BCUT2D eigenvalue weighted by Gasteiger charge is -2.07. The van der Waals surface area contributed by atoms with Crippen LogP contribution in [0.15, 0.2) is 29.6 Å². The molecule has 1 aliphatic rings. The summed E-state index contributed by atoms with van der Waals surface area (Å²) < 4.78 is 4.90. The predicted octanol–water partition coefficient (Wildman–Crippen LogP) is 2.48. The number of hydrogen-bond donors (Lipinski definition) is 2. The highest BCUT2D eigenvalue weighted by Gasteiger charge is 2.17. The second-order valence-corrected chi connectivity index (χ2v) is 7.41. The number of rotatable bonds is 8. The zero-order chi connectivity index (χ0) is 20.1. The van der Waals surface area contributed by atoms with E-state index in [1.54, 1.807) is 11.4 Å². The molecule has 2 amide bonds. The van der Waals surface area contributed by atoms with Crippen LogP contribution >= 0.6 is 11.3 Å². The fourth-order valence-electron chi connectivity index (χ4n) is 3.09. The fraction of sp³-hybridized carbons (Fsp3) is 0.300. The third-order valence-corrected chi connectivity index (χ3v) is 5.35. The van der Waals surface area contributed by atoms with Gasteiger partial charge in [0, 0.05) is 12.0 Å². The van der Waals surface area contributed by atoms with Crippen molar-refractivity contribution in [2.24, 2.45) is 5.73 Å². The highest BCUT2D eigenvalue weighted by Crippen LogP contribution is 2.24. The number of amides is 2. The van der Waals surface area contributed by atoms with Crippen LogP contribution in [0.1, 0.15) is 51.1 Å². The molecular formula is C20H20N2O5S. The van der Waals surface area contributed by atoms with E-state index < -0.39 is 24.4 Å². The summed E-state index contributed by atoms with van der Waals surface area (Å²) in [5.41, 5.74) is 8.49. The Morgan fingerprint density at radius 3 is 2.64 bits per heavy atom. The molecule has 0 fully saturated rings. The van der Waals surface area contributed by atoms with Gasteiger partial charge in [0.05, 0.1) is 12.0 Å². The van der Waals surface area contributed by atoms with Crippen molar-refractivity contribution in [3.05, 3.63) is 51.9 Å². The second kappa shape index (κ2) is 8.79. The zero-order valence-electron chi connectivity index (χ0n) is 15.2. The molecule has 0 unspecified atom stereocenters. The van der Waals surface area contributed by atoms with Gasteiger partial charge in [-0.2, -0.15) is 0 Å². The van der Waals surface area contributed by atoms with Gasteiger partial charge in [-0.3, -0.25) is 19.2 Å². The van der Waals surface area contributed by atoms with E-state index >= 15 is 0 Å². The lowest BCUT2D eigenvalue weighted by atomic mass is 10.0. The van der Waals surface area contributed by atoms with Gasteiger partial charge in [0.2, 0.25) is 0 Å². The molecule has 146 valence electrons. The molecule has 1 aromatic heterocycles. The van der Waals surface area contributed by atoms with E-state index in [9.17, 15) is 19.2 Å². The van der Waals surface area contributed by atoms with Crippen LogP contribution in [0, 0.1) is 0 Å². The van der Waals surface area contributed by atoms with Crippen LogP contribution in [-0.4, -0.2) is 30.2 Å². The SMILES string of the molecule is NC(=O)c1ccsc1NC(=O)COC(=O)CCC(=O)c1ccc2c(c1)CCC2. The maximum atomic E-state index is 12.3. The molecule has 1 aromatic carbocycles. The number of nitrogens with two attached hydrogens (primary N) is 1. The molecule has 1 heterocycles. The Morgan fingerprint density at radius 2 is 1.86 bits per heavy atom. The topological polar surface area (TPSA) is 116 Å². The van der Waals surface area contributed by atoms with Gasteiger partial charge in [0.15, 0.2) is 12.4 Å². The summed E-state index contributed by atoms with van der Waals surface area (Å²) in [5, 5.41) is 4.40. The van der Waals surface area contributed by atoms with Crippen molar-refractivity contribution in [1.29, 1.82) is 0 Å². The van der Waals surface area contributed by atoms with Gasteiger partial charge in [-0.05, 0) is 47.9 Å². The number of benzene rings is 1. The summed E-state index contributed by atoms with van der Waals surface area (Å²) in [4.78, 5) is 47.2. The van der Waals surface area contributed by atoms with Gasteiger partial charge in [-0.25, -0.2) is 0 Å². The number of carbonyl (C=O) groups excluding carboxylic acids is 4. The number of esters is 1. The van der Waals surface area contributed by atoms with Gasteiger partial charge in [-0.1, -0.05) is 12.1 Å². The molecule has 1 aliphatic carbocycles. The second-order valence-electron chi connectivity index (χ2n) is 6.50. The molecule has 0 spiro atoms. The number of nitrogens with one attached hydrogen (secondary N) is 1. The summed E-state index contributed by atoms with van der Waals surface area (Å²) in [6.07, 6.45) is 3.05. The minimum Gasteiger partial charge on any atom is -0.456 e. The molecule has 0 bridgehead atoms. The van der Waals surface area contributed by atoms with Gasteiger partial charge in [0.1, 0.15) is 5.00 Å². The molecule has 8 heteroatoms. The standard InChI is InChI=1S/C20H20N2O5S/c21-19(26)15-8-9-28-20(15)22-17(24)11-27-18(25)7-6-16(23)14-5-4-12-2-1-3-13(12)10-14/h4-5,8-10H,1-3,6-7,11H2,(H2,21,26)(H,22,24). The minimum absolute atomic E-state index is 0.0238. The Hall–Kier alpha value is -3.00. The first-order chi connectivity index (χ1) is 13.4. The Balaban J connectivity index is 1.43. The predicted molar refractivity (Wildman–Crippen MR) is 104 cm³/mol. The Labute approximate surface area is 165 Å². The maximum absolute atomic E-state index is 12.3. The summed E-state index contributed by atoms with van der Waals surface area (Å²) in [6.45, 7) is -0.498. The van der Waals surface area contributed by atoms with Gasteiger partial charge >= 0.3 is 5.97 Å². The number of ether oxygens (including phenoxy) is 1. The number of thiophene rings is 1. The molecule has 7 nitrogen and oxygen atoms in total. The summed E-state index contributed by atoms with van der Waals surface area (Å²) in [7, 11) is 0. The van der Waals surface area contributed by atoms with Gasteiger partial charge in [0.25, 0.3) is 11.8 Å². The molecule has 0 aliphatic heterocycles. The van der Waals surface area contributed by atoms with E-state index in [1.165, 1.54) is 17.2 Å². The molecular weight excluding hydrogens is 380 g/mol. The highest BCUT2D eigenvalue weighted by molar-refractivity contribution is 7.14. The van der Waals surface area contributed by atoms with Crippen LogP contribution in [0.2, 0.25) is 0 Å². The number of hydrogen-bond acceptors (Lipinski definition) is 6. The van der Waals surface area contributed by atoms with Crippen molar-refractivity contribution in [2.45, 2.75) is 32.1 Å². The van der Waals surface area contributed by atoms with Crippen LogP contribution in [0.3, 0.4) is 0 Å². The summed E-state index contributed by atoms with van der Waals surface area (Å²) in [6, 6.07) is 7.17. The maximum Gasteiger partial charge on any atom is 0.306 e. The molecule has 0 radical (unpaired) electrons. The molecule has 3 N–H and O–H groups in total. The van der Waals surface area contributed by atoms with Crippen molar-refractivity contribution in [3.8, 4) is 0 Å². The van der Waals surface area contributed by atoms with Crippen LogP contribution in [-0.2, 0) is 27.2 Å². The van der Waals surface area contributed by atoms with E-state index in [0.29, 0.717) is 10.6 Å². The molecule has 0 atom stereocenters. The first-order valence-electron chi connectivity index (χ1n) is 8.92. The fourth-order valence-corrected chi connectivity index (χ4v) is 3.89. The number of aryl methyl sites for hydroxylation is 2. The molecule has 28 heavy (non-hydrogen) atoms. The first-order valence-corrected chi connectivity index (χ1v) is 9.80. The van der Waals surface area contributed by atoms with Crippen molar-refractivity contribution in [2.75, 3.05) is 11.9 Å². The Bertz CT molecular complexity index is 934. The normalized spacial score (nSPS) is 12.3. The summed E-state index contributed by atoms with van der Waals surface area (Å²) >= 11 is 1.14. The lowest BCUT2D eigenvalue weighted by Crippen LogP contribution is -2.22. The molecule has 3 rings (SSSR count). The minimum atomic E-state index is -0.654. The zero-order valence-corrected chi connectivity index (χ0v) is 16.0. The van der Waals surface area contributed by atoms with Crippen molar-refractivity contribution in [1.82, 2.24) is 0 Å².